The largest absolute Gasteiger partial charge is 0.399 e. The van der Waals surface area contributed by atoms with Crippen molar-refractivity contribution in [2.24, 2.45) is 0 Å². The summed E-state index contributed by atoms with van der Waals surface area (Å²) in [4.78, 5) is 14.2. The van der Waals surface area contributed by atoms with Crippen molar-refractivity contribution in [1.29, 1.82) is 0 Å². The number of nitrogens with one attached hydrogen (secondary N) is 1. The Morgan fingerprint density at radius 3 is 2.63 bits per heavy atom. The molecule has 4 heteroatoms. The van der Waals surface area contributed by atoms with Gasteiger partial charge in [0.15, 0.2) is 0 Å². The Bertz CT molecular complexity index is 409. The van der Waals surface area contributed by atoms with Gasteiger partial charge < -0.3 is 16.0 Å². The van der Waals surface area contributed by atoms with Gasteiger partial charge in [0.2, 0.25) is 0 Å². The van der Waals surface area contributed by atoms with Gasteiger partial charge in [-0.25, -0.2) is 0 Å². The van der Waals surface area contributed by atoms with E-state index in [1.165, 1.54) is 0 Å². The molecule has 0 saturated heterocycles. The molecule has 0 radical (unpaired) electrons. The van der Waals surface area contributed by atoms with E-state index in [1.807, 2.05) is 19.1 Å². The summed E-state index contributed by atoms with van der Waals surface area (Å²) in [6.07, 6.45) is 0.946. The van der Waals surface area contributed by atoms with Crippen molar-refractivity contribution >= 4 is 11.6 Å². The maximum absolute atomic E-state index is 11.9. The number of carbonyl (C=O) groups is 1. The molecule has 0 fully saturated rings. The van der Waals surface area contributed by atoms with E-state index in [2.05, 4.69) is 31.1 Å². The van der Waals surface area contributed by atoms with Crippen LogP contribution in [0.2, 0.25) is 0 Å². The monoisotopic (exact) mass is 263 g/mol. The third kappa shape index (κ3) is 5.30. The third-order valence-electron chi connectivity index (χ3n) is 3.22. The number of benzene rings is 1. The van der Waals surface area contributed by atoms with Crippen LogP contribution in [0.4, 0.5) is 5.69 Å². The van der Waals surface area contributed by atoms with E-state index in [-0.39, 0.29) is 5.91 Å². The fraction of sp³-hybridized carbons (Fsp3) is 0.533. The van der Waals surface area contributed by atoms with Crippen LogP contribution < -0.4 is 11.1 Å². The number of hydrogen-bond acceptors (Lipinski definition) is 3. The van der Waals surface area contributed by atoms with Crippen molar-refractivity contribution < 1.29 is 4.79 Å². The SMILES string of the molecule is Cc1cc(N)cc(C(=O)NCCCN(C)C(C)C)c1. The number of rotatable bonds is 6. The Labute approximate surface area is 116 Å². The zero-order valence-corrected chi connectivity index (χ0v) is 12.4. The molecule has 0 bridgehead atoms. The van der Waals surface area contributed by atoms with E-state index in [9.17, 15) is 4.79 Å². The fourth-order valence-corrected chi connectivity index (χ4v) is 1.83. The highest BCUT2D eigenvalue weighted by molar-refractivity contribution is 5.95. The fourth-order valence-electron chi connectivity index (χ4n) is 1.83. The summed E-state index contributed by atoms with van der Waals surface area (Å²) in [5.74, 6) is -0.0531. The number of nitrogens with two attached hydrogens (primary N) is 1. The van der Waals surface area contributed by atoms with Gasteiger partial charge >= 0.3 is 0 Å². The second-order valence-electron chi connectivity index (χ2n) is 5.32. The minimum Gasteiger partial charge on any atom is -0.399 e. The standard InChI is InChI=1S/C15H25N3O/c1-11(2)18(4)7-5-6-17-15(19)13-8-12(3)9-14(16)10-13/h8-11H,5-7,16H2,1-4H3,(H,17,19). The lowest BCUT2D eigenvalue weighted by atomic mass is 10.1. The molecule has 0 heterocycles. The summed E-state index contributed by atoms with van der Waals surface area (Å²) in [5.41, 5.74) is 8.01. The summed E-state index contributed by atoms with van der Waals surface area (Å²) < 4.78 is 0. The van der Waals surface area contributed by atoms with Gasteiger partial charge in [0.1, 0.15) is 0 Å². The van der Waals surface area contributed by atoms with E-state index in [4.69, 9.17) is 5.73 Å². The zero-order valence-electron chi connectivity index (χ0n) is 12.4. The van der Waals surface area contributed by atoms with Crippen molar-refractivity contribution in [3.05, 3.63) is 29.3 Å². The minimum atomic E-state index is -0.0531. The zero-order chi connectivity index (χ0) is 14.4. The van der Waals surface area contributed by atoms with Gasteiger partial charge in [0, 0.05) is 23.8 Å². The predicted molar refractivity (Wildman–Crippen MR) is 80.3 cm³/mol. The lowest BCUT2D eigenvalue weighted by molar-refractivity contribution is 0.0951. The molecule has 0 aliphatic heterocycles. The number of nitrogens with zero attached hydrogens (tertiary/aromatic N) is 1. The van der Waals surface area contributed by atoms with E-state index in [0.29, 0.717) is 23.8 Å². The molecule has 0 aliphatic rings. The predicted octanol–water partition coefficient (Wildman–Crippen LogP) is 2.04. The van der Waals surface area contributed by atoms with Crippen LogP contribution in [0.25, 0.3) is 0 Å². The Morgan fingerprint density at radius 2 is 2.05 bits per heavy atom. The minimum absolute atomic E-state index is 0.0531. The number of amides is 1. The first kappa shape index (κ1) is 15.5. The van der Waals surface area contributed by atoms with Crippen LogP contribution in [0, 0.1) is 6.92 Å². The highest BCUT2D eigenvalue weighted by atomic mass is 16.1. The van der Waals surface area contributed by atoms with E-state index in [0.717, 1.165) is 18.5 Å². The van der Waals surface area contributed by atoms with Crippen molar-refractivity contribution in [1.82, 2.24) is 10.2 Å². The molecule has 0 aromatic heterocycles. The number of hydrogen-bond donors (Lipinski definition) is 2. The summed E-state index contributed by atoms with van der Waals surface area (Å²) in [6.45, 7) is 7.92. The smallest absolute Gasteiger partial charge is 0.251 e. The molecule has 106 valence electrons. The van der Waals surface area contributed by atoms with Crippen LogP contribution in [-0.4, -0.2) is 37.0 Å². The summed E-state index contributed by atoms with van der Waals surface area (Å²) in [7, 11) is 2.09. The van der Waals surface area contributed by atoms with Gasteiger partial charge in [-0.15, -0.1) is 0 Å². The Morgan fingerprint density at radius 1 is 1.37 bits per heavy atom. The van der Waals surface area contributed by atoms with E-state index in [1.54, 1.807) is 6.07 Å². The first-order chi connectivity index (χ1) is 8.90. The lowest BCUT2D eigenvalue weighted by Gasteiger charge is -2.20. The van der Waals surface area contributed by atoms with Crippen molar-refractivity contribution in [3.63, 3.8) is 0 Å². The molecule has 0 aliphatic carbocycles. The van der Waals surface area contributed by atoms with Gasteiger partial charge in [-0.1, -0.05) is 0 Å². The van der Waals surface area contributed by atoms with Gasteiger partial charge in [-0.2, -0.15) is 0 Å². The van der Waals surface area contributed by atoms with E-state index >= 15 is 0 Å². The summed E-state index contributed by atoms with van der Waals surface area (Å²) in [6, 6.07) is 5.95. The molecule has 1 aromatic carbocycles. The molecule has 0 unspecified atom stereocenters. The molecule has 19 heavy (non-hydrogen) atoms. The summed E-state index contributed by atoms with van der Waals surface area (Å²) >= 11 is 0. The Hall–Kier alpha value is -1.55. The van der Waals surface area contributed by atoms with Crippen LogP contribution in [-0.2, 0) is 0 Å². The third-order valence-corrected chi connectivity index (χ3v) is 3.22. The van der Waals surface area contributed by atoms with Gasteiger partial charge in [0.05, 0.1) is 0 Å². The average molecular weight is 263 g/mol. The van der Waals surface area contributed by atoms with Gasteiger partial charge in [0.25, 0.3) is 5.91 Å². The van der Waals surface area contributed by atoms with Crippen LogP contribution in [0.5, 0.6) is 0 Å². The quantitative estimate of drug-likeness (QED) is 0.610. The average Bonchev–Trinajstić information content (AvgIpc) is 2.32. The first-order valence-corrected chi connectivity index (χ1v) is 6.75. The Kier molecular flexibility index (Phi) is 5.83. The highest BCUT2D eigenvalue weighted by Crippen LogP contribution is 2.11. The first-order valence-electron chi connectivity index (χ1n) is 6.75. The second-order valence-corrected chi connectivity index (χ2v) is 5.32. The topological polar surface area (TPSA) is 58.4 Å². The maximum Gasteiger partial charge on any atom is 0.251 e. The summed E-state index contributed by atoms with van der Waals surface area (Å²) in [5, 5.41) is 2.93. The van der Waals surface area contributed by atoms with Gasteiger partial charge in [-0.05, 0) is 64.5 Å². The molecule has 1 amide bonds. The molecule has 4 nitrogen and oxygen atoms in total. The molecular weight excluding hydrogens is 238 g/mol. The van der Waals surface area contributed by atoms with Crippen molar-refractivity contribution in [2.75, 3.05) is 25.9 Å². The van der Waals surface area contributed by atoms with E-state index < -0.39 is 0 Å². The van der Waals surface area contributed by atoms with Crippen LogP contribution >= 0.6 is 0 Å². The molecule has 1 rings (SSSR count). The number of aryl methyl sites for hydroxylation is 1. The maximum atomic E-state index is 11.9. The highest BCUT2D eigenvalue weighted by Gasteiger charge is 2.07. The number of carbonyl (C=O) groups excluding carboxylic acids is 1. The van der Waals surface area contributed by atoms with Crippen molar-refractivity contribution in [3.8, 4) is 0 Å². The molecule has 0 atom stereocenters. The van der Waals surface area contributed by atoms with Gasteiger partial charge in [-0.3, -0.25) is 4.79 Å². The molecule has 0 spiro atoms. The number of nitrogen functional groups attached to an aromatic ring is 1. The van der Waals surface area contributed by atoms with Crippen LogP contribution in [0.1, 0.15) is 36.2 Å². The molecular formula is C15H25N3O. The lowest BCUT2D eigenvalue weighted by Crippen LogP contribution is -2.31. The van der Waals surface area contributed by atoms with Crippen LogP contribution in [0.3, 0.4) is 0 Å². The second kappa shape index (κ2) is 7.14. The van der Waals surface area contributed by atoms with Crippen LogP contribution in [0.15, 0.2) is 18.2 Å². The Balaban J connectivity index is 2.39. The normalized spacial score (nSPS) is 11.1. The number of anilines is 1. The molecule has 1 aromatic rings. The molecule has 3 N–H and O–H groups in total. The molecule has 0 saturated carbocycles. The van der Waals surface area contributed by atoms with Crippen molar-refractivity contribution in [2.45, 2.75) is 33.2 Å².